The van der Waals surface area contributed by atoms with Gasteiger partial charge in [0, 0.05) is 11.1 Å². The average Bonchev–Trinajstić information content (AvgIpc) is 2.53. The zero-order valence-corrected chi connectivity index (χ0v) is 12.9. The van der Waals surface area contributed by atoms with Crippen molar-refractivity contribution in [2.45, 2.75) is 0 Å². The van der Waals surface area contributed by atoms with Crippen LogP contribution in [-0.2, 0) is 4.79 Å². The summed E-state index contributed by atoms with van der Waals surface area (Å²) >= 11 is 5.79. The smallest absolute Gasteiger partial charge is 0.278 e. The number of phenolic OH excluding ortho intramolecular Hbond substituents is 1. The van der Waals surface area contributed by atoms with Crippen LogP contribution < -0.4 is 10.2 Å². The molecule has 0 heterocycles. The number of nitro groups is 1. The largest absolute Gasteiger partial charge is 0.508 e. The van der Waals surface area contributed by atoms with Crippen molar-refractivity contribution in [1.82, 2.24) is 5.43 Å². The number of amides is 1. The lowest BCUT2D eigenvalue weighted by molar-refractivity contribution is -0.385. The topological polar surface area (TPSA) is 114 Å². The van der Waals surface area contributed by atoms with Crippen molar-refractivity contribution in [2.24, 2.45) is 5.10 Å². The Morgan fingerprint density at radius 2 is 2.17 bits per heavy atom. The number of hydrazone groups is 1. The molecule has 0 aliphatic heterocycles. The van der Waals surface area contributed by atoms with Gasteiger partial charge in [0.2, 0.25) is 0 Å². The van der Waals surface area contributed by atoms with Crippen LogP contribution >= 0.6 is 11.6 Å². The molecule has 0 spiro atoms. The molecule has 0 aliphatic rings. The third-order valence-electron chi connectivity index (χ3n) is 2.77. The van der Waals surface area contributed by atoms with Crippen LogP contribution in [0.2, 0.25) is 5.02 Å². The van der Waals surface area contributed by atoms with Gasteiger partial charge in [-0.2, -0.15) is 5.10 Å². The zero-order chi connectivity index (χ0) is 17.5. The highest BCUT2D eigenvalue weighted by Gasteiger charge is 2.12. The van der Waals surface area contributed by atoms with Crippen LogP contribution in [0.25, 0.3) is 0 Å². The molecule has 0 aliphatic carbocycles. The molecule has 2 aromatic rings. The Morgan fingerprint density at radius 1 is 1.38 bits per heavy atom. The summed E-state index contributed by atoms with van der Waals surface area (Å²) in [6.45, 7) is -0.306. The first-order chi connectivity index (χ1) is 11.5. The van der Waals surface area contributed by atoms with Gasteiger partial charge in [-0.1, -0.05) is 17.7 Å². The predicted octanol–water partition coefficient (Wildman–Crippen LogP) is 2.48. The first kappa shape index (κ1) is 17.2. The third-order valence-corrected chi connectivity index (χ3v) is 3.00. The monoisotopic (exact) mass is 349 g/mol. The first-order valence-corrected chi connectivity index (χ1v) is 7.01. The van der Waals surface area contributed by atoms with Gasteiger partial charge in [-0.15, -0.1) is 0 Å². The Hall–Kier alpha value is -3.13. The number of nitro benzene ring substituents is 1. The minimum Gasteiger partial charge on any atom is -0.508 e. The maximum atomic E-state index is 11.6. The number of carbonyl (C=O) groups excluding carboxylic acids is 1. The van der Waals surface area contributed by atoms with Gasteiger partial charge in [0.05, 0.1) is 16.7 Å². The van der Waals surface area contributed by atoms with Gasteiger partial charge in [-0.25, -0.2) is 5.43 Å². The van der Waals surface area contributed by atoms with E-state index in [4.69, 9.17) is 16.3 Å². The van der Waals surface area contributed by atoms with Crippen molar-refractivity contribution in [3.8, 4) is 11.5 Å². The molecule has 0 saturated carbocycles. The number of benzene rings is 2. The first-order valence-electron chi connectivity index (χ1n) is 6.63. The SMILES string of the molecule is O=C(COc1cccc(Cl)c1)N/N=C\c1cc(O)ccc1[N+](=O)[O-]. The van der Waals surface area contributed by atoms with Crippen molar-refractivity contribution < 1.29 is 19.6 Å². The van der Waals surface area contributed by atoms with E-state index in [9.17, 15) is 20.0 Å². The van der Waals surface area contributed by atoms with Gasteiger partial charge in [0.1, 0.15) is 11.5 Å². The molecule has 0 fully saturated rings. The van der Waals surface area contributed by atoms with E-state index < -0.39 is 10.8 Å². The molecule has 8 nitrogen and oxygen atoms in total. The Labute approximate surface area is 141 Å². The number of nitrogens with one attached hydrogen (secondary N) is 1. The molecule has 1 amide bonds. The number of rotatable bonds is 6. The summed E-state index contributed by atoms with van der Waals surface area (Å²) in [5.41, 5.74) is 1.97. The maximum absolute atomic E-state index is 11.6. The van der Waals surface area contributed by atoms with Crippen molar-refractivity contribution in [1.29, 1.82) is 0 Å². The molecule has 0 atom stereocenters. The van der Waals surface area contributed by atoms with Gasteiger partial charge in [0.25, 0.3) is 11.6 Å². The predicted molar refractivity (Wildman–Crippen MR) is 87.4 cm³/mol. The number of aromatic hydroxyl groups is 1. The van der Waals surface area contributed by atoms with Crippen LogP contribution in [-0.4, -0.2) is 28.8 Å². The molecule has 0 aromatic heterocycles. The molecule has 0 saturated heterocycles. The molecule has 0 bridgehead atoms. The van der Waals surface area contributed by atoms with E-state index in [1.165, 1.54) is 6.07 Å². The third kappa shape index (κ3) is 4.96. The summed E-state index contributed by atoms with van der Waals surface area (Å²) in [7, 11) is 0. The fourth-order valence-corrected chi connectivity index (χ4v) is 1.90. The Bertz CT molecular complexity index is 794. The summed E-state index contributed by atoms with van der Waals surface area (Å²) in [5.74, 6) is -0.294. The van der Waals surface area contributed by atoms with E-state index in [1.807, 2.05) is 0 Å². The Balaban J connectivity index is 1.93. The lowest BCUT2D eigenvalue weighted by Gasteiger charge is -2.05. The van der Waals surface area contributed by atoms with Crippen LogP contribution in [0.15, 0.2) is 47.6 Å². The minimum absolute atomic E-state index is 0.0519. The van der Waals surface area contributed by atoms with Gasteiger partial charge in [0.15, 0.2) is 6.61 Å². The number of ether oxygens (including phenoxy) is 1. The molecule has 24 heavy (non-hydrogen) atoms. The summed E-state index contributed by atoms with van der Waals surface area (Å²) in [5, 5.41) is 24.3. The number of halogens is 1. The molecule has 2 rings (SSSR count). The van der Waals surface area contributed by atoms with E-state index in [2.05, 4.69) is 10.5 Å². The van der Waals surface area contributed by atoms with Gasteiger partial charge >= 0.3 is 0 Å². The van der Waals surface area contributed by atoms with E-state index in [0.29, 0.717) is 10.8 Å². The van der Waals surface area contributed by atoms with E-state index in [1.54, 1.807) is 24.3 Å². The lowest BCUT2D eigenvalue weighted by Crippen LogP contribution is -2.24. The molecular formula is C15H12ClN3O5. The summed E-state index contributed by atoms with van der Waals surface area (Å²) in [6.07, 6.45) is 1.06. The summed E-state index contributed by atoms with van der Waals surface area (Å²) in [6, 6.07) is 10.0. The van der Waals surface area contributed by atoms with E-state index >= 15 is 0 Å². The second kappa shape index (κ2) is 7.93. The number of carbonyl (C=O) groups is 1. The molecule has 2 N–H and O–H groups in total. The summed E-state index contributed by atoms with van der Waals surface area (Å²) in [4.78, 5) is 21.9. The molecule has 0 radical (unpaired) electrons. The number of hydrogen-bond donors (Lipinski definition) is 2. The highest BCUT2D eigenvalue weighted by molar-refractivity contribution is 6.30. The molecule has 9 heteroatoms. The molecular weight excluding hydrogens is 338 g/mol. The van der Waals surface area contributed by atoms with Crippen molar-refractivity contribution >= 4 is 29.4 Å². The average molecular weight is 350 g/mol. The highest BCUT2D eigenvalue weighted by atomic mass is 35.5. The quantitative estimate of drug-likeness (QED) is 0.472. The molecule has 2 aromatic carbocycles. The number of nitrogens with zero attached hydrogens (tertiary/aromatic N) is 2. The molecule has 124 valence electrons. The van der Waals surface area contributed by atoms with E-state index in [-0.39, 0.29) is 23.6 Å². The second-order valence-electron chi connectivity index (χ2n) is 4.54. The Kier molecular flexibility index (Phi) is 5.69. The normalized spacial score (nSPS) is 10.5. The van der Waals surface area contributed by atoms with Gasteiger partial charge in [-0.3, -0.25) is 14.9 Å². The van der Waals surface area contributed by atoms with Gasteiger partial charge in [-0.05, 0) is 30.3 Å². The maximum Gasteiger partial charge on any atom is 0.278 e. The molecule has 0 unspecified atom stereocenters. The number of hydrogen-bond acceptors (Lipinski definition) is 6. The van der Waals surface area contributed by atoms with Crippen molar-refractivity contribution in [2.75, 3.05) is 6.61 Å². The van der Waals surface area contributed by atoms with Crippen LogP contribution in [0.3, 0.4) is 0 Å². The van der Waals surface area contributed by atoms with E-state index in [0.717, 1.165) is 18.3 Å². The van der Waals surface area contributed by atoms with Crippen LogP contribution in [0.5, 0.6) is 11.5 Å². The van der Waals surface area contributed by atoms with Gasteiger partial charge < -0.3 is 9.84 Å². The van der Waals surface area contributed by atoms with Crippen LogP contribution in [0.4, 0.5) is 5.69 Å². The van der Waals surface area contributed by atoms with Crippen molar-refractivity contribution in [3.05, 3.63) is 63.2 Å². The van der Waals surface area contributed by atoms with Crippen LogP contribution in [0.1, 0.15) is 5.56 Å². The van der Waals surface area contributed by atoms with Crippen LogP contribution in [0, 0.1) is 10.1 Å². The number of phenols is 1. The fourth-order valence-electron chi connectivity index (χ4n) is 1.72. The minimum atomic E-state index is -0.620. The standard InChI is InChI=1S/C15H12ClN3O5/c16-11-2-1-3-13(7-11)24-9-15(21)18-17-8-10-6-12(20)4-5-14(10)19(22)23/h1-8,20H,9H2,(H,18,21)/b17-8-. The summed E-state index contributed by atoms with van der Waals surface area (Å²) < 4.78 is 5.21. The lowest BCUT2D eigenvalue weighted by atomic mass is 10.2. The fraction of sp³-hybridized carbons (Fsp3) is 0.0667. The second-order valence-corrected chi connectivity index (χ2v) is 4.98. The van der Waals surface area contributed by atoms with Crippen molar-refractivity contribution in [3.63, 3.8) is 0 Å². The zero-order valence-electron chi connectivity index (χ0n) is 12.2. The highest BCUT2D eigenvalue weighted by Crippen LogP contribution is 2.21. The Morgan fingerprint density at radius 3 is 2.88 bits per heavy atom.